The first kappa shape index (κ1) is 20.1. The van der Waals surface area contributed by atoms with Gasteiger partial charge in [-0.3, -0.25) is 4.79 Å². The van der Waals surface area contributed by atoms with Crippen LogP contribution in [0.25, 0.3) is 0 Å². The predicted octanol–water partition coefficient (Wildman–Crippen LogP) is 5.61. The maximum Gasteiger partial charge on any atom is 0.230 e. The highest BCUT2D eigenvalue weighted by molar-refractivity contribution is 7.12. The van der Waals surface area contributed by atoms with Crippen LogP contribution in [0, 0.1) is 0 Å². The summed E-state index contributed by atoms with van der Waals surface area (Å²) in [5.74, 6) is 0.0795. The zero-order chi connectivity index (χ0) is 20.3. The smallest absolute Gasteiger partial charge is 0.230 e. The average Bonchev–Trinajstić information content (AvgIpc) is 3.43. The molecule has 1 unspecified atom stereocenters. The third-order valence-electron chi connectivity index (χ3n) is 5.78. The summed E-state index contributed by atoms with van der Waals surface area (Å²) in [5.41, 5.74) is 1.45. The third kappa shape index (κ3) is 4.25. The summed E-state index contributed by atoms with van der Waals surface area (Å²) in [6.45, 7) is 0.473. The molecule has 0 bridgehead atoms. The van der Waals surface area contributed by atoms with Gasteiger partial charge in [0.2, 0.25) is 5.91 Å². The van der Waals surface area contributed by atoms with Crippen molar-refractivity contribution in [2.45, 2.75) is 43.7 Å². The Bertz CT molecular complexity index is 962. The number of aliphatic hydroxyl groups excluding tert-OH is 1. The molecule has 0 radical (unpaired) electrons. The van der Waals surface area contributed by atoms with Crippen LogP contribution in [0.15, 0.2) is 66.7 Å². The Hall–Kier alpha value is -2.14. The Kier molecular flexibility index (Phi) is 6.04. The minimum absolute atomic E-state index is 0.0795. The van der Waals surface area contributed by atoms with Crippen LogP contribution >= 0.6 is 22.9 Å². The van der Waals surface area contributed by atoms with Gasteiger partial charge in [-0.1, -0.05) is 66.9 Å². The molecule has 5 heteroatoms. The Balaban J connectivity index is 1.45. The van der Waals surface area contributed by atoms with Crippen molar-refractivity contribution in [3.8, 4) is 0 Å². The Morgan fingerprint density at radius 1 is 1.03 bits per heavy atom. The molecule has 1 aliphatic carbocycles. The number of benzene rings is 2. The number of nitrogens with one attached hydrogen (secondary N) is 1. The van der Waals surface area contributed by atoms with Gasteiger partial charge in [-0.15, -0.1) is 11.3 Å². The summed E-state index contributed by atoms with van der Waals surface area (Å²) < 4.78 is 0. The second-order valence-corrected chi connectivity index (χ2v) is 9.23. The van der Waals surface area contributed by atoms with E-state index in [2.05, 4.69) is 5.32 Å². The molecular formula is C24H24ClNO2S. The van der Waals surface area contributed by atoms with Crippen LogP contribution in [0.4, 0.5) is 0 Å². The lowest BCUT2D eigenvalue weighted by atomic mass is 9.78. The van der Waals surface area contributed by atoms with Crippen LogP contribution < -0.4 is 5.32 Å². The summed E-state index contributed by atoms with van der Waals surface area (Å²) in [4.78, 5) is 15.1. The maximum absolute atomic E-state index is 13.2. The molecule has 0 saturated heterocycles. The van der Waals surface area contributed by atoms with Crippen LogP contribution in [0.5, 0.6) is 0 Å². The van der Waals surface area contributed by atoms with Crippen molar-refractivity contribution in [2.24, 2.45) is 0 Å². The third-order valence-corrected chi connectivity index (χ3v) is 7.17. The first-order chi connectivity index (χ1) is 14.1. The van der Waals surface area contributed by atoms with Gasteiger partial charge in [-0.25, -0.2) is 0 Å². The molecule has 1 amide bonds. The van der Waals surface area contributed by atoms with Gasteiger partial charge in [0.15, 0.2) is 0 Å². The highest BCUT2D eigenvalue weighted by Crippen LogP contribution is 2.42. The molecular weight excluding hydrogens is 402 g/mol. The second kappa shape index (κ2) is 8.70. The maximum atomic E-state index is 13.2. The van der Waals surface area contributed by atoms with Gasteiger partial charge in [-0.05, 0) is 48.2 Å². The van der Waals surface area contributed by atoms with Crippen molar-refractivity contribution in [3.05, 3.63) is 92.6 Å². The van der Waals surface area contributed by atoms with Crippen molar-refractivity contribution in [3.63, 3.8) is 0 Å². The van der Waals surface area contributed by atoms with E-state index < -0.39 is 11.5 Å². The van der Waals surface area contributed by atoms with Crippen molar-refractivity contribution in [2.75, 3.05) is 0 Å². The molecule has 1 atom stereocenters. The summed E-state index contributed by atoms with van der Waals surface area (Å²) in [6.07, 6.45) is 3.21. The number of rotatable bonds is 6. The molecule has 29 heavy (non-hydrogen) atoms. The number of carbonyl (C=O) groups is 1. The fourth-order valence-electron chi connectivity index (χ4n) is 4.17. The van der Waals surface area contributed by atoms with Crippen molar-refractivity contribution in [1.82, 2.24) is 5.32 Å². The molecule has 0 spiro atoms. The predicted molar refractivity (Wildman–Crippen MR) is 118 cm³/mol. The van der Waals surface area contributed by atoms with Crippen LogP contribution in [-0.2, 0) is 16.8 Å². The number of hydrogen-bond acceptors (Lipinski definition) is 3. The molecule has 4 rings (SSSR count). The highest BCUT2D eigenvalue weighted by Gasteiger charge is 2.42. The molecule has 1 aromatic heterocycles. The topological polar surface area (TPSA) is 49.3 Å². The number of carbonyl (C=O) groups excluding carboxylic acids is 1. The average molecular weight is 426 g/mol. The zero-order valence-electron chi connectivity index (χ0n) is 16.1. The highest BCUT2D eigenvalue weighted by atomic mass is 35.5. The second-order valence-electron chi connectivity index (χ2n) is 7.60. The van der Waals surface area contributed by atoms with Crippen LogP contribution in [0.2, 0.25) is 5.02 Å². The van der Waals surface area contributed by atoms with E-state index in [0.29, 0.717) is 11.6 Å². The summed E-state index contributed by atoms with van der Waals surface area (Å²) in [5, 5.41) is 14.4. The molecule has 1 heterocycles. The zero-order valence-corrected chi connectivity index (χ0v) is 17.7. The number of halogens is 1. The molecule has 2 N–H and O–H groups in total. The van der Waals surface area contributed by atoms with Crippen LogP contribution in [0.1, 0.15) is 52.7 Å². The minimum atomic E-state index is -0.638. The lowest BCUT2D eigenvalue weighted by Crippen LogP contribution is -2.42. The monoisotopic (exact) mass is 425 g/mol. The van der Waals surface area contributed by atoms with E-state index >= 15 is 0 Å². The molecule has 3 nitrogen and oxygen atoms in total. The van der Waals surface area contributed by atoms with E-state index in [-0.39, 0.29) is 5.91 Å². The van der Waals surface area contributed by atoms with Gasteiger partial charge in [0.1, 0.15) is 6.10 Å². The van der Waals surface area contributed by atoms with Gasteiger partial charge in [0.05, 0.1) is 12.0 Å². The number of thiophene rings is 1. The van der Waals surface area contributed by atoms with E-state index in [4.69, 9.17) is 11.6 Å². The fourth-order valence-corrected chi connectivity index (χ4v) is 5.26. The minimum Gasteiger partial charge on any atom is -0.383 e. The van der Waals surface area contributed by atoms with Crippen molar-refractivity contribution < 1.29 is 9.90 Å². The van der Waals surface area contributed by atoms with Crippen LogP contribution in [0.3, 0.4) is 0 Å². The van der Waals surface area contributed by atoms with E-state index in [0.717, 1.165) is 46.6 Å². The molecule has 2 aromatic carbocycles. The van der Waals surface area contributed by atoms with Gasteiger partial charge in [-0.2, -0.15) is 0 Å². The van der Waals surface area contributed by atoms with Gasteiger partial charge < -0.3 is 10.4 Å². The summed E-state index contributed by atoms with van der Waals surface area (Å²) in [7, 11) is 0. The molecule has 3 aromatic rings. The molecule has 1 aliphatic rings. The molecule has 1 saturated carbocycles. The van der Waals surface area contributed by atoms with Gasteiger partial charge in [0.25, 0.3) is 0 Å². The molecule has 0 aliphatic heterocycles. The largest absolute Gasteiger partial charge is 0.383 e. The first-order valence-corrected chi connectivity index (χ1v) is 11.1. The van der Waals surface area contributed by atoms with Gasteiger partial charge in [0, 0.05) is 14.8 Å². The Morgan fingerprint density at radius 2 is 1.72 bits per heavy atom. The quantitative estimate of drug-likeness (QED) is 0.539. The molecule has 150 valence electrons. The summed E-state index contributed by atoms with van der Waals surface area (Å²) >= 11 is 7.57. The normalized spacial score (nSPS) is 16.5. The fraction of sp³-hybridized carbons (Fsp3) is 0.292. The SMILES string of the molecule is O=C(NCc1ccc(C(O)c2ccccc2)s1)C1(c2ccc(Cl)cc2)CCCC1. The van der Waals surface area contributed by atoms with Crippen molar-refractivity contribution in [1.29, 1.82) is 0 Å². The van der Waals surface area contributed by atoms with Crippen LogP contribution in [-0.4, -0.2) is 11.0 Å². The number of amides is 1. The lowest BCUT2D eigenvalue weighted by molar-refractivity contribution is -0.126. The Labute approximate surface area is 180 Å². The standard InChI is InChI=1S/C24H24ClNO2S/c25-19-10-8-18(9-11-19)24(14-4-5-15-24)23(28)26-16-20-12-13-21(29-20)22(27)17-6-2-1-3-7-17/h1-3,6-13,22,27H,4-5,14-16H2,(H,26,28). The number of aliphatic hydroxyl groups is 1. The Morgan fingerprint density at radius 3 is 2.41 bits per heavy atom. The van der Waals surface area contributed by atoms with E-state index in [9.17, 15) is 9.90 Å². The number of hydrogen-bond donors (Lipinski definition) is 2. The van der Waals surface area contributed by atoms with E-state index in [1.165, 1.54) is 11.3 Å². The van der Waals surface area contributed by atoms with E-state index in [1.807, 2.05) is 66.7 Å². The van der Waals surface area contributed by atoms with Crippen molar-refractivity contribution >= 4 is 28.8 Å². The summed E-state index contributed by atoms with van der Waals surface area (Å²) in [6, 6.07) is 21.2. The lowest BCUT2D eigenvalue weighted by Gasteiger charge is -2.28. The first-order valence-electron chi connectivity index (χ1n) is 9.94. The van der Waals surface area contributed by atoms with Gasteiger partial charge >= 0.3 is 0 Å². The molecule has 1 fully saturated rings. The van der Waals surface area contributed by atoms with E-state index in [1.54, 1.807) is 0 Å².